The fraction of sp³-hybridized carbons (Fsp3) is 0.143. The second-order valence-electron chi connectivity index (χ2n) is 8.54. The predicted molar refractivity (Wildman–Crippen MR) is 128 cm³/mol. The Labute approximate surface area is 202 Å². The van der Waals surface area contributed by atoms with Crippen LogP contribution in [0.3, 0.4) is 0 Å². The molecule has 1 aromatic heterocycles. The number of hydrogen-bond donors (Lipinski definition) is 0. The summed E-state index contributed by atoms with van der Waals surface area (Å²) < 4.78 is 87.5. The Bertz CT molecular complexity index is 1590. The molecule has 4 aromatic carbocycles. The monoisotopic (exact) mass is 499 g/mol. The Hall–Kier alpha value is -3.94. The van der Waals surface area contributed by atoms with E-state index in [4.69, 9.17) is 4.74 Å². The first-order chi connectivity index (χ1) is 17.0. The Morgan fingerprint density at radius 2 is 1.31 bits per heavy atom. The van der Waals surface area contributed by atoms with Crippen LogP contribution in [0.5, 0.6) is 5.75 Å². The van der Waals surface area contributed by atoms with Crippen LogP contribution in [0.15, 0.2) is 78.9 Å². The van der Waals surface area contributed by atoms with E-state index in [9.17, 15) is 26.3 Å². The number of rotatable bonds is 3. The van der Waals surface area contributed by atoms with Gasteiger partial charge in [0.1, 0.15) is 5.75 Å². The van der Waals surface area contributed by atoms with E-state index in [1.807, 2.05) is 41.8 Å². The molecule has 8 heteroatoms. The third-order valence-corrected chi connectivity index (χ3v) is 6.22. The van der Waals surface area contributed by atoms with Crippen molar-refractivity contribution in [2.24, 2.45) is 0 Å². The predicted octanol–water partition coefficient (Wildman–Crippen LogP) is 8.81. The van der Waals surface area contributed by atoms with Gasteiger partial charge in [0, 0.05) is 16.5 Å². The minimum atomic E-state index is -4.95. The van der Waals surface area contributed by atoms with E-state index in [-0.39, 0.29) is 17.2 Å². The molecule has 5 aromatic rings. The second kappa shape index (κ2) is 8.33. The number of benzene rings is 4. The van der Waals surface area contributed by atoms with Gasteiger partial charge in [-0.25, -0.2) is 0 Å². The van der Waals surface area contributed by atoms with Crippen LogP contribution >= 0.6 is 0 Å². The number of aromatic nitrogens is 1. The number of ether oxygens (including phenoxy) is 1. The lowest BCUT2D eigenvalue weighted by Gasteiger charge is -2.16. The zero-order chi connectivity index (χ0) is 25.8. The molecule has 0 fully saturated rings. The highest BCUT2D eigenvalue weighted by Crippen LogP contribution is 2.41. The topological polar surface area (TPSA) is 14.2 Å². The average molecular weight is 499 g/mol. The molecule has 184 valence electrons. The summed E-state index contributed by atoms with van der Waals surface area (Å²) in [5.74, 6) is 0.695. The molecule has 36 heavy (non-hydrogen) atoms. The van der Waals surface area contributed by atoms with E-state index in [0.717, 1.165) is 33.4 Å². The van der Waals surface area contributed by atoms with Gasteiger partial charge >= 0.3 is 12.4 Å². The molecule has 0 aliphatic heterocycles. The highest BCUT2D eigenvalue weighted by Gasteiger charge is 2.38. The summed E-state index contributed by atoms with van der Waals surface area (Å²) >= 11 is 0. The Morgan fingerprint density at radius 1 is 0.667 bits per heavy atom. The van der Waals surface area contributed by atoms with Gasteiger partial charge in [0.2, 0.25) is 0 Å². The molecule has 0 spiro atoms. The van der Waals surface area contributed by atoms with Crippen LogP contribution in [0.2, 0.25) is 0 Å². The van der Waals surface area contributed by atoms with Crippen molar-refractivity contribution in [3.63, 3.8) is 0 Å². The van der Waals surface area contributed by atoms with E-state index in [2.05, 4.69) is 6.07 Å². The zero-order valence-corrected chi connectivity index (χ0v) is 19.1. The Morgan fingerprint density at radius 3 is 1.92 bits per heavy atom. The van der Waals surface area contributed by atoms with Crippen molar-refractivity contribution in [1.29, 1.82) is 0 Å². The van der Waals surface area contributed by atoms with Gasteiger partial charge in [0.25, 0.3) is 0 Å². The van der Waals surface area contributed by atoms with Crippen LogP contribution in [-0.2, 0) is 12.4 Å². The lowest BCUT2D eigenvalue weighted by atomic mass is 9.96. The Balaban J connectivity index is 1.66. The van der Waals surface area contributed by atoms with Gasteiger partial charge < -0.3 is 9.30 Å². The van der Waals surface area contributed by atoms with Gasteiger partial charge in [-0.15, -0.1) is 0 Å². The summed E-state index contributed by atoms with van der Waals surface area (Å²) in [4.78, 5) is 0. The summed E-state index contributed by atoms with van der Waals surface area (Å²) in [6, 6.07) is 19.7. The summed E-state index contributed by atoms with van der Waals surface area (Å²) in [6.07, 6.45) is -9.82. The van der Waals surface area contributed by atoms with Crippen LogP contribution in [0, 0.1) is 6.92 Å². The molecule has 0 saturated carbocycles. The molecule has 0 atom stereocenters. The molecule has 0 unspecified atom stereocenters. The maximum Gasteiger partial charge on any atom is 0.417 e. The first kappa shape index (κ1) is 23.8. The van der Waals surface area contributed by atoms with Crippen molar-refractivity contribution in [2.45, 2.75) is 19.3 Å². The number of halogens is 6. The minimum Gasteiger partial charge on any atom is -0.497 e. The zero-order valence-electron chi connectivity index (χ0n) is 19.1. The van der Waals surface area contributed by atoms with E-state index < -0.39 is 23.5 Å². The summed E-state index contributed by atoms with van der Waals surface area (Å²) in [5.41, 5.74) is 0.741. The molecule has 1 heterocycles. The van der Waals surface area contributed by atoms with Crippen molar-refractivity contribution >= 4 is 21.8 Å². The molecule has 0 aliphatic rings. The highest BCUT2D eigenvalue weighted by atomic mass is 19.4. The fourth-order valence-corrected chi connectivity index (χ4v) is 4.52. The highest BCUT2D eigenvalue weighted by molar-refractivity contribution is 6.10. The second-order valence-corrected chi connectivity index (χ2v) is 8.54. The smallest absolute Gasteiger partial charge is 0.417 e. The van der Waals surface area contributed by atoms with Crippen LogP contribution in [0.25, 0.3) is 38.6 Å². The summed E-state index contributed by atoms with van der Waals surface area (Å²) in [6.45, 7) is 1.99. The molecule has 0 aliphatic carbocycles. The molecular weight excluding hydrogens is 480 g/mol. The van der Waals surface area contributed by atoms with E-state index in [1.54, 1.807) is 19.2 Å². The van der Waals surface area contributed by atoms with Crippen LogP contribution in [0.4, 0.5) is 26.3 Å². The number of fused-ring (bicyclic) bond motifs is 3. The molecule has 0 N–H and O–H groups in total. The number of aryl methyl sites for hydroxylation is 1. The van der Waals surface area contributed by atoms with Crippen LogP contribution in [0.1, 0.15) is 16.7 Å². The number of alkyl halides is 6. The van der Waals surface area contributed by atoms with Crippen LogP contribution < -0.4 is 4.74 Å². The minimum absolute atomic E-state index is 0.159. The molecule has 5 rings (SSSR count). The maximum absolute atomic E-state index is 13.7. The number of methoxy groups -OCH3 is 1. The fourth-order valence-electron chi connectivity index (χ4n) is 4.52. The first-order valence-electron chi connectivity index (χ1n) is 11.0. The van der Waals surface area contributed by atoms with Crippen molar-refractivity contribution in [2.75, 3.05) is 7.11 Å². The van der Waals surface area contributed by atoms with Crippen molar-refractivity contribution in [3.8, 4) is 22.6 Å². The molecule has 0 saturated heterocycles. The van der Waals surface area contributed by atoms with Gasteiger partial charge in [-0.3, -0.25) is 0 Å². The summed E-state index contributed by atoms with van der Waals surface area (Å²) in [5, 5.41) is 1.95. The largest absolute Gasteiger partial charge is 0.497 e. The molecule has 0 bridgehead atoms. The van der Waals surface area contributed by atoms with Gasteiger partial charge in [0.15, 0.2) is 0 Å². The van der Waals surface area contributed by atoms with Gasteiger partial charge in [0.05, 0.1) is 29.3 Å². The van der Waals surface area contributed by atoms with E-state index in [1.165, 1.54) is 12.1 Å². The van der Waals surface area contributed by atoms with E-state index >= 15 is 0 Å². The van der Waals surface area contributed by atoms with E-state index in [0.29, 0.717) is 17.5 Å². The first-order valence-corrected chi connectivity index (χ1v) is 11.0. The standard InChI is InChI=1S/C28H19F6NO/c1-16-3-11-25-22(13-16)23-15-20(36-2)9-12-26(23)35(25)19-7-4-17(5-8-19)21-10-6-18(27(29,30)31)14-24(21)28(32,33)34/h3-15H,1-2H3. The Kier molecular flexibility index (Phi) is 5.50. The lowest BCUT2D eigenvalue weighted by molar-refractivity contribution is -0.142. The molecule has 0 amide bonds. The lowest BCUT2D eigenvalue weighted by Crippen LogP contribution is -2.12. The van der Waals surface area contributed by atoms with Gasteiger partial charge in [-0.05, 0) is 72.6 Å². The summed E-state index contributed by atoms with van der Waals surface area (Å²) in [7, 11) is 1.58. The molecule has 2 nitrogen and oxygen atoms in total. The third-order valence-electron chi connectivity index (χ3n) is 6.22. The van der Waals surface area contributed by atoms with Crippen molar-refractivity contribution < 1.29 is 31.1 Å². The van der Waals surface area contributed by atoms with Crippen molar-refractivity contribution in [1.82, 2.24) is 4.57 Å². The van der Waals surface area contributed by atoms with Gasteiger partial charge in [-0.1, -0.05) is 29.8 Å². The maximum atomic E-state index is 13.7. The normalized spacial score (nSPS) is 12.4. The molecule has 0 radical (unpaired) electrons. The molecular formula is C28H19F6NO. The number of hydrogen-bond acceptors (Lipinski definition) is 1. The average Bonchev–Trinajstić information content (AvgIpc) is 3.15. The third kappa shape index (κ3) is 4.06. The van der Waals surface area contributed by atoms with Gasteiger partial charge in [-0.2, -0.15) is 26.3 Å². The van der Waals surface area contributed by atoms with Crippen LogP contribution in [-0.4, -0.2) is 11.7 Å². The quantitative estimate of drug-likeness (QED) is 0.226. The number of nitrogens with zero attached hydrogens (tertiary/aromatic N) is 1. The SMILES string of the molecule is COc1ccc2c(c1)c1cc(C)ccc1n2-c1ccc(-c2ccc(C(F)(F)F)cc2C(F)(F)F)cc1. The van der Waals surface area contributed by atoms with Crippen molar-refractivity contribution in [3.05, 3.63) is 95.6 Å².